The van der Waals surface area contributed by atoms with Crippen molar-refractivity contribution in [3.05, 3.63) is 60.2 Å². The number of thioether (sulfide) groups is 2. The topological polar surface area (TPSA) is 30.7 Å². The van der Waals surface area contributed by atoms with E-state index in [-0.39, 0.29) is 0 Å². The average molecular weight is 339 g/mol. The molecule has 0 saturated carbocycles. The number of aryl methyl sites for hydroxylation is 1. The highest BCUT2D eigenvalue weighted by Gasteiger charge is 2.28. The van der Waals surface area contributed by atoms with Crippen LogP contribution in [0.3, 0.4) is 0 Å². The molecule has 0 N–H and O–H groups in total. The molecule has 1 aliphatic heterocycles. The maximum absolute atomic E-state index is 4.41. The van der Waals surface area contributed by atoms with Crippen LogP contribution in [0.25, 0.3) is 11.4 Å². The highest BCUT2D eigenvalue weighted by Crippen LogP contribution is 2.38. The van der Waals surface area contributed by atoms with Gasteiger partial charge in [0.15, 0.2) is 11.0 Å². The van der Waals surface area contributed by atoms with Crippen LogP contribution in [0.5, 0.6) is 0 Å². The Morgan fingerprint density at radius 2 is 1.87 bits per heavy atom. The maximum atomic E-state index is 4.41. The molecule has 0 fully saturated rings. The van der Waals surface area contributed by atoms with Crippen LogP contribution in [0.4, 0.5) is 0 Å². The number of fused-ring (bicyclic) bond motifs is 1. The first kappa shape index (κ1) is 14.8. The van der Waals surface area contributed by atoms with E-state index < -0.39 is 0 Å². The Morgan fingerprint density at radius 1 is 1.09 bits per heavy atom. The summed E-state index contributed by atoms with van der Waals surface area (Å²) in [5.41, 5.74) is 2.44. The van der Waals surface area contributed by atoms with Crippen LogP contribution in [0.1, 0.15) is 11.6 Å². The fourth-order valence-electron chi connectivity index (χ4n) is 2.68. The number of nitrogens with zero attached hydrogens (tertiary/aromatic N) is 3. The molecule has 3 aromatic rings. The summed E-state index contributed by atoms with van der Waals surface area (Å²) < 4.78 is 2.31. The Bertz CT molecular complexity index is 797. The van der Waals surface area contributed by atoms with Crippen molar-refractivity contribution in [3.8, 4) is 11.4 Å². The van der Waals surface area contributed by atoms with Crippen molar-refractivity contribution in [1.29, 1.82) is 0 Å². The molecular formula is C18H17N3S2. The molecule has 2 aromatic carbocycles. The number of rotatable bonds is 4. The third-order valence-corrected chi connectivity index (χ3v) is 6.17. The molecule has 0 spiro atoms. The first-order valence-corrected chi connectivity index (χ1v) is 9.61. The molecule has 0 saturated heterocycles. The first-order valence-electron chi connectivity index (χ1n) is 7.64. The van der Waals surface area contributed by atoms with Crippen LogP contribution in [-0.2, 0) is 0 Å². The van der Waals surface area contributed by atoms with E-state index in [1.807, 2.05) is 17.8 Å². The lowest BCUT2D eigenvalue weighted by atomic mass is 10.2. The second kappa shape index (κ2) is 6.42. The predicted molar refractivity (Wildman–Crippen MR) is 97.1 cm³/mol. The summed E-state index contributed by atoms with van der Waals surface area (Å²) in [4.78, 5) is 1.32. The summed E-state index contributed by atoms with van der Waals surface area (Å²) in [5.74, 6) is 3.10. The van der Waals surface area contributed by atoms with Gasteiger partial charge in [-0.1, -0.05) is 59.8 Å². The second-order valence-electron chi connectivity index (χ2n) is 5.63. The quantitative estimate of drug-likeness (QED) is 0.645. The third kappa shape index (κ3) is 3.03. The van der Waals surface area contributed by atoms with Gasteiger partial charge in [0.1, 0.15) is 0 Å². The van der Waals surface area contributed by atoms with Crippen LogP contribution in [0.15, 0.2) is 64.6 Å². The molecule has 116 valence electrons. The molecule has 0 amide bonds. The van der Waals surface area contributed by atoms with Crippen molar-refractivity contribution >= 4 is 23.5 Å². The van der Waals surface area contributed by atoms with E-state index in [1.165, 1.54) is 10.5 Å². The highest BCUT2D eigenvalue weighted by atomic mass is 32.2. The molecule has 1 unspecified atom stereocenters. The number of benzene rings is 2. The van der Waals surface area contributed by atoms with Gasteiger partial charge in [-0.25, -0.2) is 0 Å². The van der Waals surface area contributed by atoms with Gasteiger partial charge in [0.2, 0.25) is 0 Å². The maximum Gasteiger partial charge on any atom is 0.191 e. The lowest BCUT2D eigenvalue weighted by Gasteiger charge is -2.14. The van der Waals surface area contributed by atoms with E-state index >= 15 is 0 Å². The molecule has 0 radical (unpaired) electrons. The summed E-state index contributed by atoms with van der Waals surface area (Å²) in [6.45, 7) is 2.12. The Balaban J connectivity index is 1.55. The molecule has 0 bridgehead atoms. The molecule has 4 rings (SSSR count). The van der Waals surface area contributed by atoms with Crippen molar-refractivity contribution in [2.24, 2.45) is 0 Å². The van der Waals surface area contributed by atoms with Gasteiger partial charge < -0.3 is 0 Å². The predicted octanol–water partition coefficient (Wildman–Crippen LogP) is 4.69. The monoisotopic (exact) mass is 339 g/mol. The van der Waals surface area contributed by atoms with Gasteiger partial charge in [-0.05, 0) is 19.1 Å². The number of hydrogen-bond acceptors (Lipinski definition) is 4. The summed E-state index contributed by atoms with van der Waals surface area (Å²) in [6, 6.07) is 19.5. The molecule has 2 heterocycles. The highest BCUT2D eigenvalue weighted by molar-refractivity contribution is 8.00. The smallest absolute Gasteiger partial charge is 0.191 e. The summed E-state index contributed by atoms with van der Waals surface area (Å²) in [5, 5.41) is 9.80. The molecule has 23 heavy (non-hydrogen) atoms. The van der Waals surface area contributed by atoms with Crippen LogP contribution < -0.4 is 0 Å². The Labute approximate surface area is 144 Å². The number of hydrogen-bond donors (Lipinski definition) is 0. The van der Waals surface area contributed by atoms with Gasteiger partial charge in [-0.15, -0.1) is 22.0 Å². The van der Waals surface area contributed by atoms with E-state index in [4.69, 9.17) is 0 Å². The van der Waals surface area contributed by atoms with Gasteiger partial charge in [-0.2, -0.15) is 0 Å². The van der Waals surface area contributed by atoms with Crippen molar-refractivity contribution in [3.63, 3.8) is 0 Å². The second-order valence-corrected chi connectivity index (χ2v) is 7.71. The SMILES string of the molecule is Cc1ccc(SCC2CSc3nnc(-c4ccccc4)n32)cc1. The first-order chi connectivity index (χ1) is 11.3. The van der Waals surface area contributed by atoms with Gasteiger partial charge in [0, 0.05) is 22.0 Å². The Kier molecular flexibility index (Phi) is 4.14. The minimum Gasteiger partial charge on any atom is -0.297 e. The van der Waals surface area contributed by atoms with E-state index in [0.717, 1.165) is 28.0 Å². The largest absolute Gasteiger partial charge is 0.297 e. The Hall–Kier alpha value is -1.72. The standard InChI is InChI=1S/C18H17N3S2/c1-13-7-9-16(10-8-13)22-11-15-12-23-18-20-19-17(21(15)18)14-5-3-2-4-6-14/h2-10,15H,11-12H2,1H3. The molecular weight excluding hydrogens is 322 g/mol. The van der Waals surface area contributed by atoms with Crippen LogP contribution in [0.2, 0.25) is 0 Å². The van der Waals surface area contributed by atoms with Gasteiger partial charge >= 0.3 is 0 Å². The van der Waals surface area contributed by atoms with E-state index in [0.29, 0.717) is 6.04 Å². The molecule has 3 nitrogen and oxygen atoms in total. The number of aromatic nitrogens is 3. The van der Waals surface area contributed by atoms with Crippen molar-refractivity contribution in [1.82, 2.24) is 14.8 Å². The zero-order chi connectivity index (χ0) is 15.6. The fraction of sp³-hybridized carbons (Fsp3) is 0.222. The fourth-order valence-corrected chi connectivity index (χ4v) is 4.89. The molecule has 1 atom stereocenters. The molecule has 0 aliphatic carbocycles. The van der Waals surface area contributed by atoms with Gasteiger partial charge in [-0.3, -0.25) is 4.57 Å². The van der Waals surface area contributed by atoms with Crippen molar-refractivity contribution in [2.45, 2.75) is 23.0 Å². The minimum absolute atomic E-state index is 0.437. The van der Waals surface area contributed by atoms with E-state index in [2.05, 4.69) is 70.2 Å². The minimum atomic E-state index is 0.437. The van der Waals surface area contributed by atoms with E-state index in [9.17, 15) is 0 Å². The van der Waals surface area contributed by atoms with Crippen molar-refractivity contribution < 1.29 is 0 Å². The van der Waals surface area contributed by atoms with Crippen LogP contribution in [-0.4, -0.2) is 26.3 Å². The summed E-state index contributed by atoms with van der Waals surface area (Å²) in [6.07, 6.45) is 0. The van der Waals surface area contributed by atoms with Gasteiger partial charge in [0.05, 0.1) is 6.04 Å². The zero-order valence-electron chi connectivity index (χ0n) is 12.8. The van der Waals surface area contributed by atoms with E-state index in [1.54, 1.807) is 11.8 Å². The zero-order valence-corrected chi connectivity index (χ0v) is 14.5. The molecule has 1 aliphatic rings. The Morgan fingerprint density at radius 3 is 2.65 bits per heavy atom. The van der Waals surface area contributed by atoms with Crippen LogP contribution >= 0.6 is 23.5 Å². The molecule has 5 heteroatoms. The lowest BCUT2D eigenvalue weighted by Crippen LogP contribution is -2.11. The normalized spacial score (nSPS) is 16.5. The average Bonchev–Trinajstić information content (AvgIpc) is 3.17. The van der Waals surface area contributed by atoms with Crippen molar-refractivity contribution in [2.75, 3.05) is 11.5 Å². The molecule has 1 aromatic heterocycles. The third-order valence-electron chi connectivity index (χ3n) is 3.93. The summed E-state index contributed by atoms with van der Waals surface area (Å²) in [7, 11) is 0. The van der Waals surface area contributed by atoms with Crippen LogP contribution in [0, 0.1) is 6.92 Å². The summed E-state index contributed by atoms with van der Waals surface area (Å²) >= 11 is 3.71. The lowest BCUT2D eigenvalue weighted by molar-refractivity contribution is 0.597. The van der Waals surface area contributed by atoms with Gasteiger partial charge in [0.25, 0.3) is 0 Å².